The molecule has 0 saturated heterocycles. The van der Waals surface area contributed by atoms with Crippen molar-refractivity contribution in [2.75, 3.05) is 85.3 Å². The molecule has 2 heterocycles. The fraction of sp³-hybridized carbons (Fsp3) is 0.278. The maximum atomic E-state index is 7.50. The van der Waals surface area contributed by atoms with Gasteiger partial charge in [-0.05, 0) is 71.8 Å². The molecular weight excluding hydrogens is 968 g/mol. The second kappa shape index (κ2) is 21.1. The summed E-state index contributed by atoms with van der Waals surface area (Å²) in [6.07, 6.45) is 0.600. The van der Waals surface area contributed by atoms with Crippen molar-refractivity contribution in [1.29, 1.82) is 0 Å². The number of methoxy groups -OCH3 is 12. The predicted octanol–water partition coefficient (Wildman–Crippen LogP) is 10.2. The van der Waals surface area contributed by atoms with E-state index in [9.17, 15) is 0 Å². The standard InChI is InChI=1S/C54H54Cl2N4O12/c1-61-39-21-30(22-40(62-2)47(39)69-9)38-29-57-54(59-38,35-18-14-16-20-37(35)56)60-52(34-17-13-15-19-36(34)55)58-51(31-23-41(63-3)48(70-10)42(24-31)64-4)53(60,32-25-43(65-5)49(71-11)44(26-32)66-6)33-27-45(67-7)50(72-12)46(28-33)68-8/h13-29,52H,1-12H3. The molecule has 16 nitrogen and oxygen atoms in total. The first-order chi connectivity index (χ1) is 34.9. The SMILES string of the molecule is COc1cc(C2=NC(c3ccccc3Cl)(N3C(c4ccccc4Cl)N=C(c4cc(OC)c(OC)c(OC)c4)C3(c3cc(OC)c(OC)c(OC)c3)c3cc(OC)c(OC)c(OC)c3)N=C2)cc(OC)c1OC. The van der Waals surface area contributed by atoms with Crippen LogP contribution >= 0.6 is 23.2 Å². The number of hydrogen-bond donors (Lipinski definition) is 0. The third-order valence-electron chi connectivity index (χ3n) is 12.7. The van der Waals surface area contributed by atoms with E-state index in [1.165, 1.54) is 28.4 Å². The molecule has 18 heteroatoms. The van der Waals surface area contributed by atoms with E-state index in [4.69, 9.17) is 95.0 Å². The van der Waals surface area contributed by atoms with Gasteiger partial charge in [-0.25, -0.2) is 14.9 Å². The summed E-state index contributed by atoms with van der Waals surface area (Å²) >= 11 is 14.9. The zero-order chi connectivity index (χ0) is 51.5. The lowest BCUT2D eigenvalue weighted by Crippen LogP contribution is -2.57. The van der Waals surface area contributed by atoms with Crippen molar-refractivity contribution in [3.63, 3.8) is 0 Å². The van der Waals surface area contributed by atoms with Crippen molar-refractivity contribution in [1.82, 2.24) is 4.90 Å². The summed E-state index contributed by atoms with van der Waals surface area (Å²) < 4.78 is 72.0. The molecule has 72 heavy (non-hydrogen) atoms. The molecule has 0 aliphatic carbocycles. The molecule has 6 aromatic rings. The number of rotatable bonds is 19. The topological polar surface area (TPSA) is 151 Å². The Morgan fingerprint density at radius 3 is 1.21 bits per heavy atom. The molecule has 2 aliphatic heterocycles. The molecule has 6 aromatic carbocycles. The maximum absolute atomic E-state index is 7.50. The zero-order valence-electron chi connectivity index (χ0n) is 41.8. The molecule has 376 valence electrons. The quantitative estimate of drug-likeness (QED) is 0.0758. The Kier molecular flexibility index (Phi) is 14.9. The third kappa shape index (κ3) is 8.22. The molecule has 0 bridgehead atoms. The van der Waals surface area contributed by atoms with Crippen molar-refractivity contribution in [3.05, 3.63) is 140 Å². The van der Waals surface area contributed by atoms with Gasteiger partial charge in [0.25, 0.3) is 0 Å². The van der Waals surface area contributed by atoms with Crippen LogP contribution < -0.4 is 56.8 Å². The van der Waals surface area contributed by atoms with Crippen LogP contribution in [0.5, 0.6) is 69.0 Å². The molecule has 0 amide bonds. The first-order valence-corrected chi connectivity index (χ1v) is 22.9. The minimum atomic E-state index is -1.87. The number of nitrogens with zero attached hydrogens (tertiary/aromatic N) is 4. The fourth-order valence-electron chi connectivity index (χ4n) is 9.52. The summed E-state index contributed by atoms with van der Waals surface area (Å²) in [6.45, 7) is 0. The lowest BCUT2D eigenvalue weighted by molar-refractivity contribution is 0.0128. The van der Waals surface area contributed by atoms with Gasteiger partial charge in [0.1, 0.15) is 11.7 Å². The number of halogens is 2. The average molecular weight is 1020 g/mol. The normalized spacial score (nSPS) is 16.8. The van der Waals surface area contributed by atoms with Crippen LogP contribution in [0.15, 0.2) is 112 Å². The van der Waals surface area contributed by atoms with Crippen LogP contribution in [0.1, 0.15) is 39.5 Å². The van der Waals surface area contributed by atoms with Crippen molar-refractivity contribution >= 4 is 40.8 Å². The van der Waals surface area contributed by atoms with Crippen LogP contribution in [0, 0.1) is 0 Å². The van der Waals surface area contributed by atoms with Crippen LogP contribution in [0.2, 0.25) is 10.0 Å². The Morgan fingerprint density at radius 1 is 0.444 bits per heavy atom. The van der Waals surface area contributed by atoms with E-state index in [0.717, 1.165) is 0 Å². The second-order valence-corrected chi connectivity index (χ2v) is 16.8. The van der Waals surface area contributed by atoms with E-state index in [0.29, 0.717) is 124 Å². The molecule has 0 fully saturated rings. The molecule has 0 radical (unpaired) electrons. The summed E-state index contributed by atoms with van der Waals surface area (Å²) in [6, 6.07) is 29.4. The summed E-state index contributed by atoms with van der Waals surface area (Å²) in [5.74, 6) is 2.24. The fourth-order valence-corrected chi connectivity index (χ4v) is 10.0. The van der Waals surface area contributed by atoms with Gasteiger partial charge in [-0.3, -0.25) is 4.99 Å². The molecule has 0 aromatic heterocycles. The van der Waals surface area contributed by atoms with E-state index in [-0.39, 0.29) is 0 Å². The average Bonchev–Trinajstić information content (AvgIpc) is 4.03. The Morgan fingerprint density at radius 2 is 0.819 bits per heavy atom. The van der Waals surface area contributed by atoms with Gasteiger partial charge in [0.2, 0.25) is 28.8 Å². The lowest BCUT2D eigenvalue weighted by Gasteiger charge is -2.49. The maximum Gasteiger partial charge on any atom is 0.239 e. The van der Waals surface area contributed by atoms with Gasteiger partial charge in [0.05, 0.1) is 103 Å². The first kappa shape index (κ1) is 50.8. The van der Waals surface area contributed by atoms with Crippen molar-refractivity contribution < 1.29 is 56.8 Å². The number of hydrogen-bond acceptors (Lipinski definition) is 16. The van der Waals surface area contributed by atoms with Gasteiger partial charge < -0.3 is 56.8 Å². The number of ether oxygens (including phenoxy) is 12. The van der Waals surface area contributed by atoms with E-state index in [1.807, 2.05) is 72.8 Å². The lowest BCUT2D eigenvalue weighted by atomic mass is 9.73. The molecular formula is C54H54Cl2N4O12. The van der Waals surface area contributed by atoms with E-state index >= 15 is 0 Å². The minimum absolute atomic E-state index is 0.312. The van der Waals surface area contributed by atoms with Crippen LogP contribution in [-0.2, 0) is 11.3 Å². The zero-order valence-corrected chi connectivity index (χ0v) is 43.3. The highest BCUT2D eigenvalue weighted by Crippen LogP contribution is 2.61. The van der Waals surface area contributed by atoms with E-state index in [1.54, 1.807) is 87.4 Å². The summed E-state index contributed by atoms with van der Waals surface area (Å²) in [5, 5.41) is 0.712. The molecule has 2 atom stereocenters. The van der Waals surface area contributed by atoms with Gasteiger partial charge in [-0.1, -0.05) is 59.6 Å². The van der Waals surface area contributed by atoms with Gasteiger partial charge in [0.15, 0.2) is 46.0 Å². The Labute approximate surface area is 428 Å². The first-order valence-electron chi connectivity index (χ1n) is 22.2. The Hall–Kier alpha value is -7.53. The Balaban J connectivity index is 1.68. The summed E-state index contributed by atoms with van der Waals surface area (Å²) in [7, 11) is 18.5. The monoisotopic (exact) mass is 1020 g/mol. The van der Waals surface area contributed by atoms with Crippen molar-refractivity contribution in [2.24, 2.45) is 15.0 Å². The largest absolute Gasteiger partial charge is 0.493 e. The van der Waals surface area contributed by atoms with Crippen LogP contribution in [0.25, 0.3) is 0 Å². The second-order valence-electron chi connectivity index (χ2n) is 16.0. The predicted molar refractivity (Wildman–Crippen MR) is 276 cm³/mol. The van der Waals surface area contributed by atoms with Gasteiger partial charge >= 0.3 is 0 Å². The molecule has 8 rings (SSSR count). The molecule has 2 aliphatic rings. The third-order valence-corrected chi connectivity index (χ3v) is 13.3. The smallest absolute Gasteiger partial charge is 0.239 e. The summed E-state index contributed by atoms with van der Waals surface area (Å²) in [4.78, 5) is 19.2. The molecule has 0 spiro atoms. The van der Waals surface area contributed by atoms with Crippen LogP contribution in [0.3, 0.4) is 0 Å². The van der Waals surface area contributed by atoms with Gasteiger partial charge in [-0.15, -0.1) is 0 Å². The van der Waals surface area contributed by atoms with E-state index in [2.05, 4.69) is 4.90 Å². The minimum Gasteiger partial charge on any atom is -0.493 e. The number of aliphatic imine (C=N–C) groups is 3. The highest BCUT2D eigenvalue weighted by molar-refractivity contribution is 6.40. The van der Waals surface area contributed by atoms with E-state index < -0.39 is 17.5 Å². The molecule has 2 unspecified atom stereocenters. The highest BCUT2D eigenvalue weighted by Gasteiger charge is 2.64. The highest BCUT2D eigenvalue weighted by atomic mass is 35.5. The van der Waals surface area contributed by atoms with Crippen molar-refractivity contribution in [3.8, 4) is 69.0 Å². The van der Waals surface area contributed by atoms with Gasteiger partial charge in [-0.2, -0.15) is 0 Å². The van der Waals surface area contributed by atoms with Crippen molar-refractivity contribution in [2.45, 2.75) is 17.5 Å². The van der Waals surface area contributed by atoms with Gasteiger partial charge in [0, 0.05) is 32.3 Å². The van der Waals surface area contributed by atoms with Crippen LogP contribution in [0.4, 0.5) is 0 Å². The summed E-state index contributed by atoms with van der Waals surface area (Å²) in [5.41, 5.74) is 2.18. The molecule has 0 saturated carbocycles. The molecule has 0 N–H and O–H groups in total. The number of benzene rings is 6. The van der Waals surface area contributed by atoms with Crippen LogP contribution in [-0.4, -0.2) is 108 Å². The Bertz CT molecular complexity index is 2940.